The van der Waals surface area contributed by atoms with Crippen LogP contribution in [-0.2, 0) is 0 Å². The first-order chi connectivity index (χ1) is 8.24. The number of likely N-dealkylation sites (tertiary alicyclic amines) is 2. The largest absolute Gasteiger partial charge is 0.459 e. The minimum atomic E-state index is 0.0482. The van der Waals surface area contributed by atoms with E-state index in [2.05, 4.69) is 11.9 Å². The molecule has 1 aromatic rings. The standard InChI is InChI=1S/C13H18N2O2/c1-14-5-4-10-8-15(9-11(10)7-14)13(16)12-3-2-6-17-12/h2-3,6,10-11H,4-5,7-9H2,1H3/t10-,11+/m1/s1. The van der Waals surface area contributed by atoms with E-state index in [1.807, 2.05) is 4.90 Å². The summed E-state index contributed by atoms with van der Waals surface area (Å²) in [5, 5.41) is 0. The maximum Gasteiger partial charge on any atom is 0.289 e. The molecule has 2 aliphatic heterocycles. The molecule has 0 bridgehead atoms. The molecule has 2 atom stereocenters. The molecule has 0 radical (unpaired) electrons. The first-order valence-electron chi connectivity index (χ1n) is 6.25. The molecule has 4 nitrogen and oxygen atoms in total. The molecule has 2 aliphatic rings. The maximum absolute atomic E-state index is 12.2. The lowest BCUT2D eigenvalue weighted by atomic mass is 9.89. The molecule has 17 heavy (non-hydrogen) atoms. The number of hydrogen-bond acceptors (Lipinski definition) is 3. The summed E-state index contributed by atoms with van der Waals surface area (Å²) in [4.78, 5) is 16.5. The van der Waals surface area contributed by atoms with E-state index in [4.69, 9.17) is 4.42 Å². The Balaban J connectivity index is 1.69. The quantitative estimate of drug-likeness (QED) is 0.735. The van der Waals surface area contributed by atoms with Crippen LogP contribution in [0.2, 0.25) is 0 Å². The predicted octanol–water partition coefficient (Wildman–Crippen LogP) is 1.30. The van der Waals surface area contributed by atoms with Gasteiger partial charge in [0.25, 0.3) is 5.91 Å². The van der Waals surface area contributed by atoms with Gasteiger partial charge in [0.15, 0.2) is 5.76 Å². The van der Waals surface area contributed by atoms with Gasteiger partial charge in [0.05, 0.1) is 6.26 Å². The molecule has 0 spiro atoms. The van der Waals surface area contributed by atoms with Crippen molar-refractivity contribution in [2.75, 3.05) is 33.2 Å². The Labute approximate surface area is 101 Å². The zero-order valence-corrected chi connectivity index (χ0v) is 10.1. The van der Waals surface area contributed by atoms with E-state index in [-0.39, 0.29) is 5.91 Å². The van der Waals surface area contributed by atoms with E-state index in [1.54, 1.807) is 18.4 Å². The summed E-state index contributed by atoms with van der Waals surface area (Å²) >= 11 is 0. The lowest BCUT2D eigenvalue weighted by molar-refractivity contribution is 0.0752. The summed E-state index contributed by atoms with van der Waals surface area (Å²) in [6, 6.07) is 3.51. The molecule has 1 amide bonds. The summed E-state index contributed by atoms with van der Waals surface area (Å²) in [6.07, 6.45) is 2.77. The first-order valence-corrected chi connectivity index (χ1v) is 6.25. The summed E-state index contributed by atoms with van der Waals surface area (Å²) < 4.78 is 5.18. The molecular formula is C13H18N2O2. The fourth-order valence-corrected chi connectivity index (χ4v) is 3.07. The second-order valence-electron chi connectivity index (χ2n) is 5.26. The fourth-order valence-electron chi connectivity index (χ4n) is 3.07. The first kappa shape index (κ1) is 10.8. The fraction of sp³-hybridized carbons (Fsp3) is 0.615. The zero-order chi connectivity index (χ0) is 11.8. The molecule has 0 aliphatic carbocycles. The monoisotopic (exact) mass is 234 g/mol. The Morgan fingerprint density at radius 2 is 2.18 bits per heavy atom. The minimum Gasteiger partial charge on any atom is -0.459 e. The molecule has 3 rings (SSSR count). The third kappa shape index (κ3) is 1.97. The van der Waals surface area contributed by atoms with E-state index in [9.17, 15) is 4.79 Å². The molecule has 4 heteroatoms. The third-order valence-electron chi connectivity index (χ3n) is 4.02. The second kappa shape index (κ2) is 4.18. The topological polar surface area (TPSA) is 36.7 Å². The van der Waals surface area contributed by atoms with E-state index in [1.165, 1.54) is 6.42 Å². The van der Waals surface area contributed by atoms with Crippen molar-refractivity contribution < 1.29 is 9.21 Å². The smallest absolute Gasteiger partial charge is 0.289 e. The average molecular weight is 234 g/mol. The van der Waals surface area contributed by atoms with Crippen molar-refractivity contribution in [1.82, 2.24) is 9.80 Å². The number of carbonyl (C=O) groups excluding carboxylic acids is 1. The van der Waals surface area contributed by atoms with E-state index >= 15 is 0 Å². The molecule has 1 aromatic heterocycles. The van der Waals surface area contributed by atoms with Crippen LogP contribution >= 0.6 is 0 Å². The Hall–Kier alpha value is -1.29. The average Bonchev–Trinajstić information content (AvgIpc) is 2.96. The zero-order valence-electron chi connectivity index (χ0n) is 10.1. The molecule has 2 saturated heterocycles. The van der Waals surface area contributed by atoms with Crippen molar-refractivity contribution in [3.05, 3.63) is 24.2 Å². The highest BCUT2D eigenvalue weighted by atomic mass is 16.3. The van der Waals surface area contributed by atoms with Crippen LogP contribution in [0.15, 0.2) is 22.8 Å². The molecule has 0 saturated carbocycles. The number of piperidine rings is 1. The van der Waals surface area contributed by atoms with Crippen LogP contribution in [0.1, 0.15) is 17.0 Å². The number of hydrogen-bond donors (Lipinski definition) is 0. The van der Waals surface area contributed by atoms with E-state index < -0.39 is 0 Å². The summed E-state index contributed by atoms with van der Waals surface area (Å²) in [5.41, 5.74) is 0. The third-order valence-corrected chi connectivity index (χ3v) is 4.02. The van der Waals surface area contributed by atoms with Gasteiger partial charge in [-0.15, -0.1) is 0 Å². The molecule has 2 fully saturated rings. The minimum absolute atomic E-state index is 0.0482. The summed E-state index contributed by atoms with van der Waals surface area (Å²) in [5.74, 6) is 1.85. The van der Waals surface area contributed by atoms with Crippen LogP contribution < -0.4 is 0 Å². The molecular weight excluding hydrogens is 216 g/mol. The maximum atomic E-state index is 12.2. The number of furan rings is 1. The van der Waals surface area contributed by atoms with Gasteiger partial charge in [0, 0.05) is 19.6 Å². The second-order valence-corrected chi connectivity index (χ2v) is 5.26. The highest BCUT2D eigenvalue weighted by Crippen LogP contribution is 2.31. The van der Waals surface area contributed by atoms with Crippen molar-refractivity contribution >= 4 is 5.91 Å². The van der Waals surface area contributed by atoms with Crippen LogP contribution in [0.25, 0.3) is 0 Å². The number of amides is 1. The van der Waals surface area contributed by atoms with Crippen molar-refractivity contribution in [3.63, 3.8) is 0 Å². The van der Waals surface area contributed by atoms with Crippen molar-refractivity contribution in [3.8, 4) is 0 Å². The predicted molar refractivity (Wildman–Crippen MR) is 63.7 cm³/mol. The summed E-state index contributed by atoms with van der Waals surface area (Å²) in [7, 11) is 2.16. The van der Waals surface area contributed by atoms with Gasteiger partial charge in [0.2, 0.25) is 0 Å². The van der Waals surface area contributed by atoms with Crippen molar-refractivity contribution in [1.29, 1.82) is 0 Å². The highest BCUT2D eigenvalue weighted by molar-refractivity contribution is 5.91. The lowest BCUT2D eigenvalue weighted by Crippen LogP contribution is -2.37. The SMILES string of the molecule is CN1CC[C@@H]2CN(C(=O)c3ccco3)C[C@@H]2C1. The van der Waals surface area contributed by atoms with Crippen LogP contribution in [-0.4, -0.2) is 48.9 Å². The van der Waals surface area contributed by atoms with Crippen LogP contribution in [0.5, 0.6) is 0 Å². The Kier molecular flexibility index (Phi) is 2.67. The van der Waals surface area contributed by atoms with Crippen LogP contribution in [0.4, 0.5) is 0 Å². The van der Waals surface area contributed by atoms with Crippen LogP contribution in [0, 0.1) is 11.8 Å². The van der Waals surface area contributed by atoms with Gasteiger partial charge in [-0.2, -0.15) is 0 Å². The van der Waals surface area contributed by atoms with Gasteiger partial charge in [-0.25, -0.2) is 0 Å². The van der Waals surface area contributed by atoms with Gasteiger partial charge >= 0.3 is 0 Å². The normalized spacial score (nSPS) is 29.4. The number of carbonyl (C=O) groups is 1. The number of fused-ring (bicyclic) bond motifs is 1. The van der Waals surface area contributed by atoms with Gasteiger partial charge in [-0.1, -0.05) is 0 Å². The van der Waals surface area contributed by atoms with Gasteiger partial charge < -0.3 is 14.2 Å². The van der Waals surface area contributed by atoms with Gasteiger partial charge in [-0.3, -0.25) is 4.79 Å². The molecule has 0 unspecified atom stereocenters. The van der Waals surface area contributed by atoms with E-state index in [0.29, 0.717) is 17.6 Å². The molecule has 3 heterocycles. The Morgan fingerprint density at radius 3 is 2.94 bits per heavy atom. The summed E-state index contributed by atoms with van der Waals surface area (Å²) in [6.45, 7) is 4.06. The highest BCUT2D eigenvalue weighted by Gasteiger charge is 2.38. The molecule has 0 aromatic carbocycles. The van der Waals surface area contributed by atoms with Crippen molar-refractivity contribution in [2.24, 2.45) is 11.8 Å². The molecule has 0 N–H and O–H groups in total. The van der Waals surface area contributed by atoms with Crippen molar-refractivity contribution in [2.45, 2.75) is 6.42 Å². The lowest BCUT2D eigenvalue weighted by Gasteiger charge is -2.31. The number of nitrogens with zero attached hydrogens (tertiary/aromatic N) is 2. The van der Waals surface area contributed by atoms with Gasteiger partial charge in [-0.05, 0) is 44.0 Å². The number of rotatable bonds is 1. The van der Waals surface area contributed by atoms with Crippen LogP contribution in [0.3, 0.4) is 0 Å². The Morgan fingerprint density at radius 1 is 1.35 bits per heavy atom. The van der Waals surface area contributed by atoms with E-state index in [0.717, 1.165) is 26.2 Å². The Bertz CT molecular complexity index is 402. The molecule has 92 valence electrons. The van der Waals surface area contributed by atoms with Gasteiger partial charge in [0.1, 0.15) is 0 Å².